The van der Waals surface area contributed by atoms with Gasteiger partial charge in [0.2, 0.25) is 0 Å². The summed E-state index contributed by atoms with van der Waals surface area (Å²) in [7, 11) is -7.75. The van der Waals surface area contributed by atoms with E-state index in [-0.39, 0.29) is 9.79 Å². The number of sulfonamides is 2. The van der Waals surface area contributed by atoms with E-state index in [0.717, 1.165) is 0 Å². The van der Waals surface area contributed by atoms with Gasteiger partial charge in [-0.05, 0) is 48.5 Å². The lowest BCUT2D eigenvalue weighted by molar-refractivity contribution is 0.481. The first-order valence-corrected chi connectivity index (χ1v) is 9.20. The highest BCUT2D eigenvalue weighted by Crippen LogP contribution is 2.24. The molecule has 4 N–H and O–H groups in total. The van der Waals surface area contributed by atoms with Crippen LogP contribution in [0.5, 0.6) is 11.5 Å². The minimum atomic E-state index is -4.00. The molecule has 24 heavy (non-hydrogen) atoms. The van der Waals surface area contributed by atoms with Crippen molar-refractivity contribution in [1.29, 1.82) is 0 Å². The molecule has 0 heterocycles. The van der Waals surface area contributed by atoms with Crippen molar-refractivity contribution in [3.05, 3.63) is 53.4 Å². The number of nitrogens with zero attached hydrogens (tertiary/aromatic N) is 1. The van der Waals surface area contributed by atoms with Crippen LogP contribution in [0.15, 0.2) is 63.6 Å². The van der Waals surface area contributed by atoms with Gasteiger partial charge in [0.1, 0.15) is 11.5 Å². The lowest BCUT2D eigenvalue weighted by atomic mass is 10.3. The number of benzene rings is 2. The summed E-state index contributed by atoms with van der Waals surface area (Å²) in [6, 6.07) is 10.6. The number of nitroso groups, excluding NO2 is 1. The maximum absolute atomic E-state index is 11.5. The third-order valence-corrected chi connectivity index (χ3v) is 5.23. The highest BCUT2D eigenvalue weighted by atomic mass is 32.2. The van der Waals surface area contributed by atoms with E-state index in [1.165, 1.54) is 53.4 Å². The molecule has 2 aromatic rings. The van der Waals surface area contributed by atoms with Crippen molar-refractivity contribution in [3.63, 3.8) is 0 Å². The highest BCUT2D eigenvalue weighted by molar-refractivity contribution is 7.89. The Morgan fingerprint density at radius 3 is 1.58 bits per heavy atom. The first-order valence-electron chi connectivity index (χ1n) is 6.23. The molecule has 0 aliphatic heterocycles. The minimum Gasteiger partial charge on any atom is -0.457 e. The van der Waals surface area contributed by atoms with Gasteiger partial charge in [0.25, 0.3) is 20.0 Å². The van der Waals surface area contributed by atoms with Gasteiger partial charge in [0, 0.05) is 0 Å². The van der Waals surface area contributed by atoms with Crippen molar-refractivity contribution in [2.45, 2.75) is 9.79 Å². The zero-order valence-electron chi connectivity index (χ0n) is 11.9. The second kappa shape index (κ2) is 6.92. The fourth-order valence-electron chi connectivity index (χ4n) is 1.68. The van der Waals surface area contributed by atoms with E-state index < -0.39 is 20.0 Å². The Bertz CT molecular complexity index is 925. The van der Waals surface area contributed by atoms with Gasteiger partial charge in [0.15, 0.2) is 0 Å². The highest BCUT2D eigenvalue weighted by Gasteiger charge is 2.14. The van der Waals surface area contributed by atoms with Gasteiger partial charge in [-0.1, -0.05) is 0 Å². The van der Waals surface area contributed by atoms with Crippen LogP contribution in [0.3, 0.4) is 0 Å². The molecule has 0 spiro atoms. The maximum atomic E-state index is 11.5. The van der Waals surface area contributed by atoms with E-state index in [0.29, 0.717) is 11.5 Å². The third-order valence-electron chi connectivity index (χ3n) is 2.82. The number of rotatable bonds is 7. The lowest BCUT2D eigenvalue weighted by Crippen LogP contribution is -2.30. The summed E-state index contributed by atoms with van der Waals surface area (Å²) in [4.78, 5) is 13.0. The zero-order chi connectivity index (χ0) is 17.8. The molecule has 2 rings (SSSR count). The summed E-state index contributed by atoms with van der Waals surface area (Å²) in [6.45, 7) is 0. The van der Waals surface area contributed by atoms with E-state index in [1.54, 1.807) is 4.83 Å². The molecular weight excluding hydrogens is 360 g/mol. The molecule has 0 aliphatic rings. The second-order valence-electron chi connectivity index (χ2n) is 4.35. The van der Waals surface area contributed by atoms with Gasteiger partial charge >= 0.3 is 0 Å². The topological polar surface area (TPSA) is 157 Å². The molecule has 0 unspecified atom stereocenters. The number of hydrogen-bond acceptors (Lipinski definition) is 8. The SMILES string of the molecule is NNS(=O)(=O)c1ccc(Oc2ccc(S(=O)(=O)NN=O)cc2)cc1. The van der Waals surface area contributed by atoms with Gasteiger partial charge in [0.05, 0.1) is 15.1 Å². The van der Waals surface area contributed by atoms with E-state index in [2.05, 4.69) is 5.29 Å². The van der Waals surface area contributed by atoms with Crippen LogP contribution in [-0.4, -0.2) is 16.8 Å². The molecule has 10 nitrogen and oxygen atoms in total. The molecule has 0 amide bonds. The Morgan fingerprint density at radius 1 is 0.792 bits per heavy atom. The summed E-state index contributed by atoms with van der Waals surface area (Å²) < 4.78 is 51.5. The van der Waals surface area contributed by atoms with Crippen molar-refractivity contribution in [1.82, 2.24) is 9.66 Å². The number of ether oxygens (including phenoxy) is 1. The summed E-state index contributed by atoms with van der Waals surface area (Å²) in [5.74, 6) is 5.56. The quantitative estimate of drug-likeness (QED) is 0.364. The summed E-state index contributed by atoms with van der Waals surface area (Å²) >= 11 is 0. The molecule has 0 aliphatic carbocycles. The number of nitrogens with two attached hydrogens (primary N) is 1. The average Bonchev–Trinajstić information content (AvgIpc) is 2.56. The molecular formula is C12H12N4O6S2. The Balaban J connectivity index is 2.16. The Morgan fingerprint density at radius 2 is 1.21 bits per heavy atom. The largest absolute Gasteiger partial charge is 0.457 e. The Hall–Kier alpha value is -2.54. The summed E-state index contributed by atoms with van der Waals surface area (Å²) in [5, 5.41) is 2.13. The maximum Gasteiger partial charge on any atom is 0.279 e. The molecule has 0 saturated carbocycles. The summed E-state index contributed by atoms with van der Waals surface area (Å²) in [5.41, 5.74) is 0. The van der Waals surface area contributed by atoms with Crippen LogP contribution >= 0.6 is 0 Å². The molecule has 12 heteroatoms. The first kappa shape index (κ1) is 17.8. The molecule has 0 radical (unpaired) electrons. The van der Waals surface area contributed by atoms with Gasteiger partial charge in [-0.3, -0.25) is 5.84 Å². The van der Waals surface area contributed by atoms with Crippen LogP contribution < -0.4 is 20.2 Å². The summed E-state index contributed by atoms with van der Waals surface area (Å²) in [6.07, 6.45) is 0. The van der Waals surface area contributed by atoms with E-state index in [4.69, 9.17) is 10.6 Å². The number of nitrogens with one attached hydrogen (secondary N) is 2. The zero-order valence-corrected chi connectivity index (χ0v) is 13.5. The molecule has 2 aromatic carbocycles. The van der Waals surface area contributed by atoms with Crippen molar-refractivity contribution in [2.24, 2.45) is 11.1 Å². The van der Waals surface area contributed by atoms with Crippen LogP contribution in [0.2, 0.25) is 0 Å². The molecule has 0 saturated heterocycles. The smallest absolute Gasteiger partial charge is 0.279 e. The lowest BCUT2D eigenvalue weighted by Gasteiger charge is -2.08. The van der Waals surface area contributed by atoms with E-state index in [1.807, 2.05) is 0 Å². The van der Waals surface area contributed by atoms with E-state index >= 15 is 0 Å². The number of hydrogen-bond donors (Lipinski definition) is 3. The van der Waals surface area contributed by atoms with Crippen molar-refractivity contribution >= 4 is 20.0 Å². The molecule has 0 atom stereocenters. The molecule has 0 aromatic heterocycles. The van der Waals surface area contributed by atoms with Crippen LogP contribution in [0.1, 0.15) is 0 Å². The monoisotopic (exact) mass is 372 g/mol. The standard InChI is InChI=1S/C12H12N4O6S2/c13-14-23(18,19)11-5-1-9(2-6-11)22-10-3-7-12(8-4-10)24(20,21)16-15-17/h1-8,14H,13H2,(H,16,17). The van der Waals surface area contributed by atoms with Gasteiger partial charge in [-0.25, -0.2) is 8.42 Å². The van der Waals surface area contributed by atoms with Crippen molar-refractivity contribution < 1.29 is 21.6 Å². The molecule has 0 bridgehead atoms. The van der Waals surface area contributed by atoms with Crippen LogP contribution in [0.4, 0.5) is 0 Å². The van der Waals surface area contributed by atoms with Gasteiger partial charge < -0.3 is 4.74 Å². The Kier molecular flexibility index (Phi) is 5.14. The fourth-order valence-corrected chi connectivity index (χ4v) is 3.01. The molecule has 0 fully saturated rings. The average molecular weight is 372 g/mol. The van der Waals surface area contributed by atoms with Crippen LogP contribution in [-0.2, 0) is 20.0 Å². The minimum absolute atomic E-state index is 0.0359. The first-order chi connectivity index (χ1) is 11.3. The fraction of sp³-hybridized carbons (Fsp3) is 0. The normalized spacial score (nSPS) is 11.7. The second-order valence-corrected chi connectivity index (χ2v) is 7.73. The number of hydrazine groups is 1. The van der Waals surface area contributed by atoms with Crippen molar-refractivity contribution in [2.75, 3.05) is 0 Å². The van der Waals surface area contributed by atoms with Gasteiger partial charge in [-0.2, -0.15) is 18.1 Å². The van der Waals surface area contributed by atoms with Crippen LogP contribution in [0, 0.1) is 4.91 Å². The Labute approximate surface area is 137 Å². The predicted octanol–water partition coefficient (Wildman–Crippen LogP) is 0.591. The van der Waals surface area contributed by atoms with Crippen molar-refractivity contribution in [3.8, 4) is 11.5 Å². The van der Waals surface area contributed by atoms with E-state index in [9.17, 15) is 21.7 Å². The third kappa shape index (κ3) is 4.05. The molecule has 128 valence electrons. The predicted molar refractivity (Wildman–Crippen MR) is 83.6 cm³/mol. The van der Waals surface area contributed by atoms with Gasteiger partial charge in [-0.15, -0.1) is 4.91 Å². The van der Waals surface area contributed by atoms with Crippen LogP contribution in [0.25, 0.3) is 0 Å².